The minimum absolute atomic E-state index is 0.512. The quantitative estimate of drug-likeness (QED) is 0.347. The smallest absolute Gasteiger partial charge is 0.141 e. The Kier molecular flexibility index (Phi) is 7.54. The summed E-state index contributed by atoms with van der Waals surface area (Å²) in [5.74, 6) is -0.849. The van der Waals surface area contributed by atoms with Crippen molar-refractivity contribution >= 4 is 6.21 Å². The predicted octanol–water partition coefficient (Wildman–Crippen LogP) is 2.61. The summed E-state index contributed by atoms with van der Waals surface area (Å²) in [7, 11) is 0. The molecular formula is C8H13F2NO. The second-order valence-electron chi connectivity index (χ2n) is 2.19. The van der Waals surface area contributed by atoms with E-state index < -0.39 is 12.5 Å². The number of hydrogen-bond acceptors (Lipinski definition) is 2. The summed E-state index contributed by atoms with van der Waals surface area (Å²) < 4.78 is 23.5. The summed E-state index contributed by atoms with van der Waals surface area (Å²) in [5.41, 5.74) is 0. The minimum atomic E-state index is -1.10. The molecule has 0 bridgehead atoms. The van der Waals surface area contributed by atoms with Gasteiger partial charge in [0.2, 0.25) is 0 Å². The molecule has 0 saturated heterocycles. The molecule has 12 heavy (non-hydrogen) atoms. The zero-order valence-electron chi connectivity index (χ0n) is 7.09. The van der Waals surface area contributed by atoms with E-state index in [1.54, 1.807) is 0 Å². The van der Waals surface area contributed by atoms with Gasteiger partial charge in [-0.25, -0.2) is 8.78 Å². The molecule has 0 aliphatic rings. The maximum atomic E-state index is 12.0. The average molecular weight is 177 g/mol. The Morgan fingerprint density at radius 3 is 2.92 bits per heavy atom. The Balaban J connectivity index is 3.36. The topological polar surface area (TPSA) is 21.6 Å². The first kappa shape index (κ1) is 11.1. The van der Waals surface area contributed by atoms with Crippen LogP contribution in [0.25, 0.3) is 0 Å². The molecule has 0 atom stereocenters. The number of nitrogens with zero attached hydrogens (tertiary/aromatic N) is 1. The Labute approximate surface area is 70.9 Å². The van der Waals surface area contributed by atoms with Crippen LogP contribution in [0.1, 0.15) is 19.8 Å². The van der Waals surface area contributed by atoms with Gasteiger partial charge >= 0.3 is 0 Å². The van der Waals surface area contributed by atoms with Crippen molar-refractivity contribution in [2.45, 2.75) is 19.8 Å². The first-order chi connectivity index (χ1) is 5.81. The summed E-state index contributed by atoms with van der Waals surface area (Å²) in [6.07, 6.45) is 3.97. The predicted molar refractivity (Wildman–Crippen MR) is 44.5 cm³/mol. The van der Waals surface area contributed by atoms with Crippen LogP contribution in [0.2, 0.25) is 0 Å². The summed E-state index contributed by atoms with van der Waals surface area (Å²) in [6, 6.07) is 0. The van der Waals surface area contributed by atoms with Crippen LogP contribution >= 0.6 is 0 Å². The molecule has 0 spiro atoms. The Morgan fingerprint density at radius 2 is 2.33 bits per heavy atom. The van der Waals surface area contributed by atoms with Gasteiger partial charge in [-0.05, 0) is 12.5 Å². The van der Waals surface area contributed by atoms with Crippen molar-refractivity contribution < 1.29 is 13.6 Å². The molecule has 0 unspecified atom stereocenters. The molecule has 0 heterocycles. The second-order valence-corrected chi connectivity index (χ2v) is 2.19. The van der Waals surface area contributed by atoms with Gasteiger partial charge in [0.15, 0.2) is 0 Å². The van der Waals surface area contributed by atoms with E-state index in [2.05, 4.69) is 5.16 Å². The number of hydrogen-bond donors (Lipinski definition) is 0. The highest BCUT2D eigenvalue weighted by Crippen LogP contribution is 1.94. The number of rotatable bonds is 6. The summed E-state index contributed by atoms with van der Waals surface area (Å²) in [6.45, 7) is 1.44. The van der Waals surface area contributed by atoms with E-state index in [9.17, 15) is 8.78 Å². The third-order valence-electron chi connectivity index (χ3n) is 1.11. The molecule has 0 aromatic rings. The lowest BCUT2D eigenvalue weighted by Gasteiger charge is -1.93. The van der Waals surface area contributed by atoms with Crippen LogP contribution in [-0.4, -0.2) is 19.5 Å². The van der Waals surface area contributed by atoms with Gasteiger partial charge in [-0.1, -0.05) is 18.5 Å². The van der Waals surface area contributed by atoms with Gasteiger partial charge in [0.1, 0.15) is 19.1 Å². The molecule has 0 rings (SSSR count). The lowest BCUT2D eigenvalue weighted by atomic mass is 10.4. The molecule has 0 fully saturated rings. The molecule has 0 aromatic carbocycles. The largest absolute Gasteiger partial charge is 0.396 e. The van der Waals surface area contributed by atoms with E-state index in [1.165, 1.54) is 0 Å². The zero-order valence-corrected chi connectivity index (χ0v) is 7.09. The molecule has 0 N–H and O–H groups in total. The third-order valence-corrected chi connectivity index (χ3v) is 1.11. The maximum Gasteiger partial charge on any atom is 0.141 e. The molecule has 2 nitrogen and oxygen atoms in total. The monoisotopic (exact) mass is 177 g/mol. The number of alkyl halides is 1. The minimum Gasteiger partial charge on any atom is -0.396 e. The standard InChI is InChI=1S/C8H13F2NO/c1-2-3-6-12-11-5-4-8(10)7-9/h4-5H,2-3,6-7H2,1H3/b8-4-,11-5+. The van der Waals surface area contributed by atoms with Gasteiger partial charge in [-0.2, -0.15) is 0 Å². The Bertz CT molecular complexity index is 157. The van der Waals surface area contributed by atoms with Gasteiger partial charge in [0.25, 0.3) is 0 Å². The van der Waals surface area contributed by atoms with Gasteiger partial charge < -0.3 is 4.84 Å². The van der Waals surface area contributed by atoms with Crippen molar-refractivity contribution in [3.63, 3.8) is 0 Å². The fourth-order valence-electron chi connectivity index (χ4n) is 0.460. The number of unbranched alkanes of at least 4 members (excludes halogenated alkanes) is 1. The molecule has 70 valence electrons. The zero-order chi connectivity index (χ0) is 9.23. The van der Waals surface area contributed by atoms with Crippen molar-refractivity contribution in [3.05, 3.63) is 11.9 Å². The van der Waals surface area contributed by atoms with Crippen LogP contribution in [0.3, 0.4) is 0 Å². The van der Waals surface area contributed by atoms with Gasteiger partial charge in [-0.15, -0.1) is 0 Å². The summed E-state index contributed by atoms with van der Waals surface area (Å²) in [5, 5.41) is 3.39. The van der Waals surface area contributed by atoms with Crippen molar-refractivity contribution in [2.75, 3.05) is 13.3 Å². The van der Waals surface area contributed by atoms with Crippen molar-refractivity contribution in [1.82, 2.24) is 0 Å². The highest BCUT2D eigenvalue weighted by atomic mass is 19.2. The molecule has 0 aliphatic carbocycles. The summed E-state index contributed by atoms with van der Waals surface area (Å²) >= 11 is 0. The van der Waals surface area contributed by atoms with Crippen LogP contribution in [0.5, 0.6) is 0 Å². The van der Waals surface area contributed by atoms with E-state index in [0.717, 1.165) is 25.1 Å². The summed E-state index contributed by atoms with van der Waals surface area (Å²) in [4.78, 5) is 4.70. The molecule has 0 aromatic heterocycles. The maximum absolute atomic E-state index is 12.0. The lowest BCUT2D eigenvalue weighted by molar-refractivity contribution is 0.143. The Morgan fingerprint density at radius 1 is 1.58 bits per heavy atom. The highest BCUT2D eigenvalue weighted by molar-refractivity contribution is 5.70. The van der Waals surface area contributed by atoms with E-state index in [4.69, 9.17) is 4.84 Å². The fraction of sp³-hybridized carbons (Fsp3) is 0.625. The SMILES string of the molecule is CCCCO/N=C/C=C(\F)CF. The normalized spacial score (nSPS) is 12.4. The number of halogens is 2. The van der Waals surface area contributed by atoms with Crippen LogP contribution in [0.15, 0.2) is 17.1 Å². The number of allylic oxidation sites excluding steroid dienone is 2. The molecule has 0 saturated carbocycles. The molecule has 4 heteroatoms. The fourth-order valence-corrected chi connectivity index (χ4v) is 0.460. The third kappa shape index (κ3) is 7.18. The van der Waals surface area contributed by atoms with Crippen LogP contribution in [-0.2, 0) is 4.84 Å². The number of oxime groups is 1. The molecule has 0 amide bonds. The van der Waals surface area contributed by atoms with E-state index in [1.807, 2.05) is 6.92 Å². The van der Waals surface area contributed by atoms with Crippen LogP contribution < -0.4 is 0 Å². The van der Waals surface area contributed by atoms with Crippen LogP contribution in [0, 0.1) is 0 Å². The van der Waals surface area contributed by atoms with Gasteiger partial charge in [-0.3, -0.25) is 0 Å². The highest BCUT2D eigenvalue weighted by Gasteiger charge is 1.87. The Hall–Kier alpha value is -0.930. The molecular weight excluding hydrogens is 164 g/mol. The average Bonchev–Trinajstić information content (AvgIpc) is 2.10. The van der Waals surface area contributed by atoms with Crippen molar-refractivity contribution in [3.8, 4) is 0 Å². The van der Waals surface area contributed by atoms with Gasteiger partial charge in [0.05, 0.1) is 6.21 Å². The second kappa shape index (κ2) is 8.17. The first-order valence-corrected chi connectivity index (χ1v) is 3.87. The first-order valence-electron chi connectivity index (χ1n) is 3.87. The van der Waals surface area contributed by atoms with Crippen molar-refractivity contribution in [2.24, 2.45) is 5.16 Å². The molecule has 0 aliphatic heterocycles. The van der Waals surface area contributed by atoms with Gasteiger partial charge in [0, 0.05) is 0 Å². The van der Waals surface area contributed by atoms with E-state index >= 15 is 0 Å². The van der Waals surface area contributed by atoms with Crippen LogP contribution in [0.4, 0.5) is 8.78 Å². The van der Waals surface area contributed by atoms with E-state index in [0.29, 0.717) is 6.61 Å². The van der Waals surface area contributed by atoms with Crippen molar-refractivity contribution in [1.29, 1.82) is 0 Å². The van der Waals surface area contributed by atoms with E-state index in [-0.39, 0.29) is 0 Å². The molecule has 0 radical (unpaired) electrons. The lowest BCUT2D eigenvalue weighted by Crippen LogP contribution is -1.86.